The molecule has 0 aromatic carbocycles. The molecule has 0 spiro atoms. The summed E-state index contributed by atoms with van der Waals surface area (Å²) in [4.78, 5) is 0. The van der Waals surface area contributed by atoms with E-state index in [0.29, 0.717) is 0 Å². The average Bonchev–Trinajstić information content (AvgIpc) is 2.20. The molecule has 1 unspecified atom stereocenters. The number of hydrogen-bond acceptors (Lipinski definition) is 0. The van der Waals surface area contributed by atoms with Crippen molar-refractivity contribution in [3.8, 4) is 0 Å². The third-order valence-electron chi connectivity index (χ3n) is 3.00. The lowest BCUT2D eigenvalue weighted by Gasteiger charge is -2.09. The van der Waals surface area contributed by atoms with Gasteiger partial charge >= 0.3 is 0 Å². The van der Waals surface area contributed by atoms with Crippen molar-refractivity contribution < 1.29 is 0 Å². The zero-order valence-corrected chi connectivity index (χ0v) is 10.4. The van der Waals surface area contributed by atoms with Gasteiger partial charge in [0.1, 0.15) is 0 Å². The molecule has 0 heterocycles. The summed E-state index contributed by atoms with van der Waals surface area (Å²) in [5, 5.41) is 0. The molecule has 0 amide bonds. The minimum Gasteiger partial charge on any atom is -0.0654 e. The zero-order valence-electron chi connectivity index (χ0n) is 10.4. The molecule has 1 atom stereocenters. The van der Waals surface area contributed by atoms with Crippen molar-refractivity contribution in [3.63, 3.8) is 0 Å². The van der Waals surface area contributed by atoms with Gasteiger partial charge in [-0.15, -0.1) is 0 Å². The van der Waals surface area contributed by atoms with Crippen molar-refractivity contribution in [2.45, 2.75) is 78.1 Å². The second kappa shape index (κ2) is 11.1. The van der Waals surface area contributed by atoms with Gasteiger partial charge in [-0.2, -0.15) is 0 Å². The third-order valence-corrected chi connectivity index (χ3v) is 3.00. The monoisotopic (exact) mass is 197 g/mol. The van der Waals surface area contributed by atoms with Crippen LogP contribution in [0.15, 0.2) is 0 Å². The summed E-state index contributed by atoms with van der Waals surface area (Å²) in [6, 6.07) is 0. The summed E-state index contributed by atoms with van der Waals surface area (Å²) in [7, 11) is 0. The lowest BCUT2D eigenvalue weighted by atomic mass is 9.97. The van der Waals surface area contributed by atoms with Crippen LogP contribution in [0.4, 0.5) is 0 Å². The van der Waals surface area contributed by atoms with Crippen LogP contribution in [0.3, 0.4) is 0 Å². The van der Waals surface area contributed by atoms with Crippen LogP contribution in [-0.2, 0) is 0 Å². The molecule has 0 aromatic heterocycles. The number of hydrogen-bond donors (Lipinski definition) is 0. The molecule has 0 saturated heterocycles. The second-order valence-electron chi connectivity index (χ2n) is 4.66. The molecular formula is C14H29. The molecule has 0 bridgehead atoms. The summed E-state index contributed by atoms with van der Waals surface area (Å²) in [5.41, 5.74) is 0. The third kappa shape index (κ3) is 10.1. The molecular weight excluding hydrogens is 168 g/mol. The lowest BCUT2D eigenvalue weighted by Crippen LogP contribution is -1.94. The van der Waals surface area contributed by atoms with Gasteiger partial charge in [-0.3, -0.25) is 0 Å². The quantitative estimate of drug-likeness (QED) is 0.413. The van der Waals surface area contributed by atoms with Crippen molar-refractivity contribution in [2.24, 2.45) is 5.92 Å². The van der Waals surface area contributed by atoms with E-state index < -0.39 is 0 Å². The van der Waals surface area contributed by atoms with E-state index in [4.69, 9.17) is 0 Å². The predicted molar refractivity (Wildman–Crippen MR) is 66.4 cm³/mol. The Kier molecular flexibility index (Phi) is 11.1. The van der Waals surface area contributed by atoms with E-state index in [0.717, 1.165) is 12.3 Å². The van der Waals surface area contributed by atoms with Crippen molar-refractivity contribution >= 4 is 0 Å². The SMILES string of the molecule is [CH2]CCCCCCCC(C)CCCC. The zero-order chi connectivity index (χ0) is 10.6. The van der Waals surface area contributed by atoms with Gasteiger partial charge in [0, 0.05) is 0 Å². The van der Waals surface area contributed by atoms with Crippen LogP contribution in [-0.4, -0.2) is 0 Å². The van der Waals surface area contributed by atoms with Gasteiger partial charge in [0.2, 0.25) is 0 Å². The fraction of sp³-hybridized carbons (Fsp3) is 0.929. The Morgan fingerprint density at radius 1 is 0.857 bits per heavy atom. The maximum Gasteiger partial charge on any atom is -0.0443 e. The summed E-state index contributed by atoms with van der Waals surface area (Å²) in [5.74, 6) is 0.961. The Labute approximate surface area is 91.5 Å². The maximum atomic E-state index is 3.87. The maximum absolute atomic E-state index is 3.87. The van der Waals surface area contributed by atoms with Gasteiger partial charge in [0.15, 0.2) is 0 Å². The van der Waals surface area contributed by atoms with Crippen molar-refractivity contribution in [1.82, 2.24) is 0 Å². The first-order valence-electron chi connectivity index (χ1n) is 6.60. The molecule has 85 valence electrons. The highest BCUT2D eigenvalue weighted by Gasteiger charge is 2.00. The highest BCUT2D eigenvalue weighted by atomic mass is 14.1. The van der Waals surface area contributed by atoms with E-state index in [-0.39, 0.29) is 0 Å². The first kappa shape index (κ1) is 14.0. The molecule has 0 aliphatic carbocycles. The Bertz CT molecular complexity index is 96.2. The molecule has 1 radical (unpaired) electrons. The molecule has 0 nitrogen and oxygen atoms in total. The predicted octanol–water partition coefficient (Wildman–Crippen LogP) is 5.38. The smallest absolute Gasteiger partial charge is 0.0443 e. The molecule has 0 saturated carbocycles. The van der Waals surface area contributed by atoms with Gasteiger partial charge in [-0.05, 0) is 5.92 Å². The molecule has 0 aliphatic rings. The minimum atomic E-state index is 0.961. The Hall–Kier alpha value is 0. The van der Waals surface area contributed by atoms with Crippen LogP contribution >= 0.6 is 0 Å². The summed E-state index contributed by atoms with van der Waals surface area (Å²) < 4.78 is 0. The van der Waals surface area contributed by atoms with Crippen LogP contribution in [0.1, 0.15) is 78.1 Å². The summed E-state index contributed by atoms with van der Waals surface area (Å²) >= 11 is 0. The fourth-order valence-electron chi connectivity index (χ4n) is 1.90. The molecule has 0 rings (SSSR count). The molecule has 14 heavy (non-hydrogen) atoms. The van der Waals surface area contributed by atoms with Crippen LogP contribution in [0.5, 0.6) is 0 Å². The van der Waals surface area contributed by atoms with Crippen LogP contribution < -0.4 is 0 Å². The van der Waals surface area contributed by atoms with E-state index in [1.165, 1.54) is 57.8 Å². The average molecular weight is 197 g/mol. The van der Waals surface area contributed by atoms with Crippen molar-refractivity contribution in [1.29, 1.82) is 0 Å². The largest absolute Gasteiger partial charge is 0.0654 e. The molecule has 0 aliphatic heterocycles. The van der Waals surface area contributed by atoms with Gasteiger partial charge in [0.25, 0.3) is 0 Å². The highest BCUT2D eigenvalue weighted by Crippen LogP contribution is 2.16. The summed E-state index contributed by atoms with van der Waals surface area (Å²) in [6.45, 7) is 8.56. The van der Waals surface area contributed by atoms with Crippen LogP contribution in [0.25, 0.3) is 0 Å². The van der Waals surface area contributed by atoms with E-state index in [9.17, 15) is 0 Å². The Balaban J connectivity index is 3.02. The van der Waals surface area contributed by atoms with Gasteiger partial charge in [0.05, 0.1) is 0 Å². The van der Waals surface area contributed by atoms with Gasteiger partial charge in [-0.25, -0.2) is 0 Å². The Morgan fingerprint density at radius 2 is 1.43 bits per heavy atom. The van der Waals surface area contributed by atoms with E-state index >= 15 is 0 Å². The number of rotatable bonds is 10. The number of unbranched alkanes of at least 4 members (excludes halogenated alkanes) is 6. The molecule has 0 heteroatoms. The van der Waals surface area contributed by atoms with E-state index in [1.807, 2.05) is 0 Å². The van der Waals surface area contributed by atoms with Crippen LogP contribution in [0.2, 0.25) is 0 Å². The standard InChI is InChI=1S/C14H29/c1-4-6-8-9-10-11-13-14(3)12-7-5-2/h14H,1,4-13H2,2-3H3. The second-order valence-corrected chi connectivity index (χ2v) is 4.66. The normalized spacial score (nSPS) is 13.1. The first-order chi connectivity index (χ1) is 6.81. The van der Waals surface area contributed by atoms with Crippen LogP contribution in [0, 0.1) is 12.8 Å². The highest BCUT2D eigenvalue weighted by molar-refractivity contribution is 4.54. The molecule has 0 N–H and O–H groups in total. The lowest BCUT2D eigenvalue weighted by molar-refractivity contribution is 0.442. The van der Waals surface area contributed by atoms with Crippen molar-refractivity contribution in [2.75, 3.05) is 0 Å². The molecule has 0 fully saturated rings. The van der Waals surface area contributed by atoms with E-state index in [2.05, 4.69) is 20.8 Å². The fourth-order valence-corrected chi connectivity index (χ4v) is 1.90. The summed E-state index contributed by atoms with van der Waals surface area (Å²) in [6.07, 6.45) is 13.8. The minimum absolute atomic E-state index is 0.961. The topological polar surface area (TPSA) is 0 Å². The van der Waals surface area contributed by atoms with Gasteiger partial charge in [-0.1, -0.05) is 85.0 Å². The van der Waals surface area contributed by atoms with Crippen molar-refractivity contribution in [3.05, 3.63) is 6.92 Å². The van der Waals surface area contributed by atoms with E-state index in [1.54, 1.807) is 0 Å². The van der Waals surface area contributed by atoms with Gasteiger partial charge < -0.3 is 0 Å². The Morgan fingerprint density at radius 3 is 2.07 bits per heavy atom. The first-order valence-corrected chi connectivity index (χ1v) is 6.60. The molecule has 0 aromatic rings.